The third-order valence-electron chi connectivity index (χ3n) is 4.68. The summed E-state index contributed by atoms with van der Waals surface area (Å²) >= 11 is 12.0. The fraction of sp³-hybridized carbons (Fsp3) is 0.0455. The molecule has 0 radical (unpaired) electrons. The van der Waals surface area contributed by atoms with Crippen LogP contribution in [0.15, 0.2) is 48.5 Å². The minimum absolute atomic E-state index is 0.0232. The van der Waals surface area contributed by atoms with E-state index in [2.05, 4.69) is 15.3 Å². The molecule has 2 N–H and O–H groups in total. The predicted molar refractivity (Wildman–Crippen MR) is 122 cm³/mol. The number of aromatic amines is 1. The van der Waals surface area contributed by atoms with E-state index in [0.717, 1.165) is 0 Å². The molecule has 170 valence electrons. The lowest BCUT2D eigenvalue weighted by atomic mass is 10.2. The van der Waals surface area contributed by atoms with Crippen molar-refractivity contribution in [3.8, 4) is 17.6 Å². The Hall–Kier alpha value is -4.20. The van der Waals surface area contributed by atoms with Crippen LogP contribution in [0.5, 0.6) is 11.5 Å². The van der Waals surface area contributed by atoms with Gasteiger partial charge >= 0.3 is 0 Å². The van der Waals surface area contributed by atoms with E-state index in [1.165, 1.54) is 48.5 Å². The van der Waals surface area contributed by atoms with Crippen LogP contribution in [0.25, 0.3) is 11.0 Å². The molecule has 12 heteroatoms. The smallest absolute Gasteiger partial charge is 0.287 e. The van der Waals surface area contributed by atoms with Gasteiger partial charge in [-0.1, -0.05) is 29.3 Å². The highest BCUT2D eigenvalue weighted by atomic mass is 35.5. The summed E-state index contributed by atoms with van der Waals surface area (Å²) in [5.74, 6) is -1.74. The van der Waals surface area contributed by atoms with E-state index in [-0.39, 0.29) is 50.7 Å². The van der Waals surface area contributed by atoms with E-state index >= 15 is 4.39 Å². The first kappa shape index (κ1) is 23.0. The van der Waals surface area contributed by atoms with Gasteiger partial charge in [-0.15, -0.1) is 0 Å². The number of benzene rings is 3. The van der Waals surface area contributed by atoms with Gasteiger partial charge in [0.05, 0.1) is 32.6 Å². The van der Waals surface area contributed by atoms with Crippen LogP contribution in [0.2, 0.25) is 10.0 Å². The zero-order valence-electron chi connectivity index (χ0n) is 16.9. The number of imidazole rings is 1. The lowest BCUT2D eigenvalue weighted by molar-refractivity contribution is -0.384. The molecule has 34 heavy (non-hydrogen) atoms. The Morgan fingerprint density at radius 1 is 1.24 bits per heavy atom. The van der Waals surface area contributed by atoms with Gasteiger partial charge in [0.15, 0.2) is 17.4 Å². The van der Waals surface area contributed by atoms with Gasteiger partial charge in [-0.2, -0.15) is 5.26 Å². The first-order valence-electron chi connectivity index (χ1n) is 9.53. The van der Waals surface area contributed by atoms with Crippen molar-refractivity contribution in [2.75, 3.05) is 0 Å². The van der Waals surface area contributed by atoms with Crippen molar-refractivity contribution in [3.63, 3.8) is 0 Å². The van der Waals surface area contributed by atoms with Crippen molar-refractivity contribution in [2.45, 2.75) is 6.54 Å². The summed E-state index contributed by atoms with van der Waals surface area (Å²) in [6.07, 6.45) is 0. The SMILES string of the molecule is N#Cc1cc(Cl)cc(Oc2c(Cl)ccc(CNC(=O)c3nc4ccc([N+](=O)[O-])cc4[nH]3)c2F)c1. The minimum Gasteiger partial charge on any atom is -0.453 e. The third kappa shape index (κ3) is 4.76. The second-order valence-electron chi connectivity index (χ2n) is 6.97. The number of carbonyl (C=O) groups excluding carboxylic acids is 1. The van der Waals surface area contributed by atoms with Crippen molar-refractivity contribution in [1.29, 1.82) is 5.26 Å². The van der Waals surface area contributed by atoms with E-state index in [4.69, 9.17) is 33.2 Å². The highest BCUT2D eigenvalue weighted by Gasteiger charge is 2.18. The molecule has 0 aliphatic carbocycles. The molecule has 1 heterocycles. The molecule has 0 aliphatic rings. The normalized spacial score (nSPS) is 10.6. The van der Waals surface area contributed by atoms with Gasteiger partial charge < -0.3 is 15.0 Å². The fourth-order valence-corrected chi connectivity index (χ4v) is 3.49. The molecule has 0 saturated carbocycles. The summed E-state index contributed by atoms with van der Waals surface area (Å²) in [6.45, 7) is -0.228. The number of rotatable bonds is 6. The van der Waals surface area contributed by atoms with Crippen molar-refractivity contribution in [2.24, 2.45) is 0 Å². The summed E-state index contributed by atoms with van der Waals surface area (Å²) in [6, 6.07) is 12.8. The van der Waals surface area contributed by atoms with Gasteiger partial charge in [-0.25, -0.2) is 9.37 Å². The molecule has 9 nitrogen and oxygen atoms in total. The Balaban J connectivity index is 1.53. The van der Waals surface area contributed by atoms with Crippen molar-refractivity contribution < 1.29 is 18.8 Å². The topological polar surface area (TPSA) is 134 Å². The van der Waals surface area contributed by atoms with Gasteiger partial charge in [0.1, 0.15) is 5.75 Å². The predicted octanol–water partition coefficient (Wildman–Crippen LogP) is 5.51. The zero-order valence-corrected chi connectivity index (χ0v) is 18.4. The number of nitro groups is 1. The highest BCUT2D eigenvalue weighted by Crippen LogP contribution is 2.35. The van der Waals surface area contributed by atoms with Gasteiger partial charge in [0.25, 0.3) is 11.6 Å². The highest BCUT2D eigenvalue weighted by molar-refractivity contribution is 6.32. The Labute approximate surface area is 200 Å². The van der Waals surface area contributed by atoms with Crippen LogP contribution in [0.4, 0.5) is 10.1 Å². The van der Waals surface area contributed by atoms with Crippen LogP contribution < -0.4 is 10.1 Å². The molecule has 4 aromatic rings. The summed E-state index contributed by atoms with van der Waals surface area (Å²) < 4.78 is 20.6. The largest absolute Gasteiger partial charge is 0.453 e. The number of nitrogens with zero attached hydrogens (tertiary/aromatic N) is 3. The summed E-state index contributed by atoms with van der Waals surface area (Å²) in [7, 11) is 0. The van der Waals surface area contributed by atoms with Gasteiger partial charge in [-0.3, -0.25) is 14.9 Å². The minimum atomic E-state index is -0.813. The van der Waals surface area contributed by atoms with Crippen LogP contribution in [0.1, 0.15) is 21.7 Å². The number of carbonyl (C=O) groups is 1. The van der Waals surface area contributed by atoms with Crippen molar-refractivity contribution in [1.82, 2.24) is 15.3 Å². The summed E-state index contributed by atoms with van der Waals surface area (Å²) in [5, 5.41) is 22.7. The first-order chi connectivity index (χ1) is 16.2. The molecule has 0 unspecified atom stereocenters. The van der Waals surface area contributed by atoms with Crippen LogP contribution in [-0.2, 0) is 6.54 Å². The number of halogens is 3. The number of fused-ring (bicyclic) bond motifs is 1. The number of nitro benzene ring substituents is 1. The Kier molecular flexibility index (Phi) is 6.32. The second kappa shape index (κ2) is 9.35. The Bertz CT molecular complexity index is 1500. The lowest BCUT2D eigenvalue weighted by Gasteiger charge is -2.13. The fourth-order valence-electron chi connectivity index (χ4n) is 3.09. The average Bonchev–Trinajstić information content (AvgIpc) is 3.24. The quantitative estimate of drug-likeness (QED) is 0.265. The van der Waals surface area contributed by atoms with Gasteiger partial charge in [-0.05, 0) is 30.3 Å². The molecule has 0 saturated heterocycles. The number of hydrogen-bond acceptors (Lipinski definition) is 6. The summed E-state index contributed by atoms with van der Waals surface area (Å²) in [4.78, 5) is 29.6. The number of hydrogen-bond donors (Lipinski definition) is 2. The number of ether oxygens (including phenoxy) is 1. The third-order valence-corrected chi connectivity index (χ3v) is 5.20. The molecule has 0 bridgehead atoms. The average molecular weight is 500 g/mol. The Morgan fingerprint density at radius 2 is 2.03 bits per heavy atom. The monoisotopic (exact) mass is 499 g/mol. The number of nitriles is 1. The molecular formula is C22H12Cl2FN5O4. The van der Waals surface area contributed by atoms with E-state index in [9.17, 15) is 14.9 Å². The van der Waals surface area contributed by atoms with Gasteiger partial charge in [0, 0.05) is 29.3 Å². The Morgan fingerprint density at radius 3 is 2.76 bits per heavy atom. The lowest BCUT2D eigenvalue weighted by Crippen LogP contribution is -2.24. The molecule has 0 aliphatic heterocycles. The van der Waals surface area contributed by atoms with Crippen LogP contribution in [-0.4, -0.2) is 20.8 Å². The molecule has 1 aromatic heterocycles. The maximum absolute atomic E-state index is 15.1. The van der Waals surface area contributed by atoms with E-state index in [1.54, 1.807) is 0 Å². The number of aromatic nitrogens is 2. The second-order valence-corrected chi connectivity index (χ2v) is 7.81. The molecule has 0 fully saturated rings. The van der Waals surface area contributed by atoms with E-state index in [1.807, 2.05) is 6.07 Å². The molecule has 3 aromatic carbocycles. The summed E-state index contributed by atoms with van der Waals surface area (Å²) in [5.41, 5.74) is 0.814. The van der Waals surface area contributed by atoms with Crippen molar-refractivity contribution >= 4 is 45.8 Å². The molecule has 1 amide bonds. The standard InChI is InChI=1S/C22H12Cl2FN5O4/c23-13-5-11(9-26)6-15(7-13)34-20-16(24)3-1-12(19(20)25)10-27-22(31)21-28-17-4-2-14(30(32)33)8-18(17)29-21/h1-8H,10H2,(H,27,31)(H,28,29). The van der Waals surface area contributed by atoms with Crippen LogP contribution in [0.3, 0.4) is 0 Å². The van der Waals surface area contributed by atoms with Crippen LogP contribution in [0, 0.1) is 27.3 Å². The molecule has 0 atom stereocenters. The number of nitrogens with one attached hydrogen (secondary N) is 2. The first-order valence-corrected chi connectivity index (χ1v) is 10.3. The maximum Gasteiger partial charge on any atom is 0.287 e. The van der Waals surface area contributed by atoms with Crippen molar-refractivity contribution in [3.05, 3.63) is 91.5 Å². The zero-order chi connectivity index (χ0) is 24.4. The molecular weight excluding hydrogens is 488 g/mol. The number of amides is 1. The van der Waals surface area contributed by atoms with E-state index < -0.39 is 16.6 Å². The number of non-ortho nitro benzene ring substituents is 1. The number of H-pyrrole nitrogens is 1. The van der Waals surface area contributed by atoms with E-state index in [0.29, 0.717) is 11.0 Å². The maximum atomic E-state index is 15.1. The van der Waals surface area contributed by atoms with Gasteiger partial charge in [0.2, 0.25) is 0 Å². The molecule has 0 spiro atoms. The van der Waals surface area contributed by atoms with Crippen LogP contribution >= 0.6 is 23.2 Å². The molecule has 4 rings (SSSR count).